The van der Waals surface area contributed by atoms with Crippen molar-refractivity contribution in [2.24, 2.45) is 0 Å². The molecule has 4 rings (SSSR count). The maximum Gasteiger partial charge on any atom is 0.255 e. The van der Waals surface area contributed by atoms with Crippen molar-refractivity contribution in [2.75, 3.05) is 42.9 Å². The molecule has 0 atom stereocenters. The summed E-state index contributed by atoms with van der Waals surface area (Å²) < 4.78 is 0. The Morgan fingerprint density at radius 1 is 0.793 bits per heavy atom. The summed E-state index contributed by atoms with van der Waals surface area (Å²) in [5, 5.41) is 3.00. The van der Waals surface area contributed by atoms with Crippen molar-refractivity contribution in [1.82, 2.24) is 4.90 Å². The van der Waals surface area contributed by atoms with Crippen LogP contribution < -0.4 is 10.2 Å². The Morgan fingerprint density at radius 2 is 1.48 bits per heavy atom. The molecule has 29 heavy (non-hydrogen) atoms. The summed E-state index contributed by atoms with van der Waals surface area (Å²) in [6.07, 6.45) is 0.986. The Kier molecular flexibility index (Phi) is 6.22. The highest BCUT2D eigenvalue weighted by atomic mass is 16.1. The van der Waals surface area contributed by atoms with Crippen molar-refractivity contribution >= 4 is 17.3 Å². The summed E-state index contributed by atoms with van der Waals surface area (Å²) in [6, 6.07) is 28.2. The quantitative estimate of drug-likeness (QED) is 0.687. The lowest BCUT2D eigenvalue weighted by atomic mass is 10.1. The van der Waals surface area contributed by atoms with E-state index in [1.807, 2.05) is 42.5 Å². The van der Waals surface area contributed by atoms with Gasteiger partial charge >= 0.3 is 0 Å². The van der Waals surface area contributed by atoms with Crippen LogP contribution in [0.3, 0.4) is 0 Å². The molecule has 0 unspecified atom stereocenters. The largest absolute Gasteiger partial charge is 0.369 e. The van der Waals surface area contributed by atoms with Gasteiger partial charge in [0.25, 0.3) is 5.91 Å². The smallest absolute Gasteiger partial charge is 0.255 e. The third kappa shape index (κ3) is 5.24. The number of carbonyl (C=O) groups excluding carboxylic acids is 1. The van der Waals surface area contributed by atoms with Crippen LogP contribution in [-0.2, 0) is 6.42 Å². The summed E-state index contributed by atoms with van der Waals surface area (Å²) >= 11 is 0. The van der Waals surface area contributed by atoms with Crippen LogP contribution in [0.4, 0.5) is 11.4 Å². The molecule has 3 aromatic rings. The van der Waals surface area contributed by atoms with Crippen molar-refractivity contribution in [1.29, 1.82) is 0 Å². The molecule has 1 aliphatic rings. The van der Waals surface area contributed by atoms with Crippen LogP contribution in [0.1, 0.15) is 15.9 Å². The molecule has 0 saturated carbocycles. The zero-order valence-electron chi connectivity index (χ0n) is 16.6. The number of hydrogen-bond acceptors (Lipinski definition) is 3. The summed E-state index contributed by atoms with van der Waals surface area (Å²) in [5.41, 5.74) is 4.09. The molecule has 1 amide bonds. The fourth-order valence-electron chi connectivity index (χ4n) is 3.75. The summed E-state index contributed by atoms with van der Waals surface area (Å²) in [6.45, 7) is 5.34. The average molecular weight is 386 g/mol. The molecule has 1 aliphatic heterocycles. The lowest BCUT2D eigenvalue weighted by Gasteiger charge is -2.36. The van der Waals surface area contributed by atoms with Gasteiger partial charge in [-0.25, -0.2) is 0 Å². The predicted octanol–water partition coefficient (Wildman–Crippen LogP) is 4.30. The number of para-hydroxylation sites is 1. The van der Waals surface area contributed by atoms with E-state index in [1.165, 1.54) is 11.3 Å². The SMILES string of the molecule is O=C(Nc1cccc(CCN2CCN(c3ccccc3)CC2)c1)c1ccccc1. The minimum absolute atomic E-state index is 0.0696. The molecule has 0 aromatic heterocycles. The number of benzene rings is 3. The van der Waals surface area contributed by atoms with Crippen molar-refractivity contribution in [3.63, 3.8) is 0 Å². The van der Waals surface area contributed by atoms with Crippen LogP contribution in [0.2, 0.25) is 0 Å². The normalized spacial score (nSPS) is 14.6. The van der Waals surface area contributed by atoms with E-state index in [9.17, 15) is 4.79 Å². The third-order valence-corrected chi connectivity index (χ3v) is 5.43. The average Bonchev–Trinajstić information content (AvgIpc) is 2.79. The van der Waals surface area contributed by atoms with E-state index in [0.717, 1.165) is 44.8 Å². The Bertz CT molecular complexity index is 919. The molecule has 0 radical (unpaired) electrons. The van der Waals surface area contributed by atoms with Crippen LogP contribution >= 0.6 is 0 Å². The number of nitrogens with one attached hydrogen (secondary N) is 1. The van der Waals surface area contributed by atoms with Crippen molar-refractivity contribution < 1.29 is 4.79 Å². The first-order valence-electron chi connectivity index (χ1n) is 10.3. The second-order valence-corrected chi connectivity index (χ2v) is 7.43. The number of amides is 1. The van der Waals surface area contributed by atoms with Crippen molar-refractivity contribution in [3.05, 3.63) is 96.1 Å². The van der Waals surface area contributed by atoms with Crippen molar-refractivity contribution in [3.8, 4) is 0 Å². The predicted molar refractivity (Wildman–Crippen MR) is 120 cm³/mol. The Labute approximate surface area is 172 Å². The van der Waals surface area contributed by atoms with Crippen LogP contribution in [0.15, 0.2) is 84.9 Å². The molecule has 1 saturated heterocycles. The fourth-order valence-corrected chi connectivity index (χ4v) is 3.75. The number of anilines is 2. The van der Waals surface area contributed by atoms with Gasteiger partial charge in [-0.05, 0) is 48.4 Å². The first-order valence-corrected chi connectivity index (χ1v) is 10.3. The highest BCUT2D eigenvalue weighted by molar-refractivity contribution is 6.04. The number of nitrogens with zero attached hydrogens (tertiary/aromatic N) is 2. The van der Waals surface area contributed by atoms with Crippen LogP contribution in [0.5, 0.6) is 0 Å². The highest BCUT2D eigenvalue weighted by Gasteiger charge is 2.16. The van der Waals surface area contributed by atoms with Gasteiger partial charge in [0.05, 0.1) is 0 Å². The Morgan fingerprint density at radius 3 is 2.21 bits per heavy atom. The first kappa shape index (κ1) is 19.2. The van der Waals surface area contributed by atoms with Gasteiger partial charge < -0.3 is 10.2 Å². The molecular weight excluding hydrogens is 358 g/mol. The van der Waals surface area contributed by atoms with Crippen LogP contribution in [0.25, 0.3) is 0 Å². The van der Waals surface area contributed by atoms with Gasteiger partial charge in [-0.15, -0.1) is 0 Å². The van der Waals surface area contributed by atoms with Crippen LogP contribution in [0, 0.1) is 0 Å². The van der Waals surface area contributed by atoms with Gasteiger partial charge in [0.1, 0.15) is 0 Å². The summed E-state index contributed by atoms with van der Waals surface area (Å²) in [7, 11) is 0. The van der Waals surface area contributed by atoms with Crippen LogP contribution in [-0.4, -0.2) is 43.5 Å². The molecule has 4 nitrogen and oxygen atoms in total. The molecule has 148 valence electrons. The molecular formula is C25H27N3O. The van der Waals surface area contributed by atoms with Gasteiger partial charge in [-0.2, -0.15) is 0 Å². The van der Waals surface area contributed by atoms with E-state index in [0.29, 0.717) is 5.56 Å². The van der Waals surface area contributed by atoms with Gasteiger partial charge in [0.2, 0.25) is 0 Å². The Balaban J connectivity index is 1.27. The van der Waals surface area contributed by atoms with E-state index >= 15 is 0 Å². The van der Waals surface area contributed by atoms with E-state index in [2.05, 4.69) is 57.6 Å². The third-order valence-electron chi connectivity index (χ3n) is 5.43. The van der Waals surface area contributed by atoms with E-state index in [-0.39, 0.29) is 5.91 Å². The zero-order valence-corrected chi connectivity index (χ0v) is 16.6. The molecule has 0 bridgehead atoms. The fraction of sp³-hybridized carbons (Fsp3) is 0.240. The number of hydrogen-bond donors (Lipinski definition) is 1. The number of rotatable bonds is 6. The molecule has 4 heteroatoms. The lowest BCUT2D eigenvalue weighted by Crippen LogP contribution is -2.46. The first-order chi connectivity index (χ1) is 14.3. The van der Waals surface area contributed by atoms with E-state index in [4.69, 9.17) is 0 Å². The maximum atomic E-state index is 12.4. The monoisotopic (exact) mass is 385 g/mol. The topological polar surface area (TPSA) is 35.6 Å². The molecule has 3 aromatic carbocycles. The lowest BCUT2D eigenvalue weighted by molar-refractivity contribution is 0.102. The molecule has 0 aliphatic carbocycles. The zero-order chi connectivity index (χ0) is 19.9. The molecule has 1 heterocycles. The van der Waals surface area contributed by atoms with E-state index in [1.54, 1.807) is 0 Å². The number of carbonyl (C=O) groups is 1. The maximum absolute atomic E-state index is 12.4. The molecule has 0 spiro atoms. The van der Waals surface area contributed by atoms with Crippen molar-refractivity contribution in [2.45, 2.75) is 6.42 Å². The second-order valence-electron chi connectivity index (χ2n) is 7.43. The van der Waals surface area contributed by atoms with E-state index < -0.39 is 0 Å². The summed E-state index contributed by atoms with van der Waals surface area (Å²) in [5.74, 6) is -0.0696. The summed E-state index contributed by atoms with van der Waals surface area (Å²) in [4.78, 5) is 17.3. The standard InChI is InChI=1S/C25H27N3O/c29-25(22-9-3-1-4-10-22)26-23-11-7-8-21(20-23)14-15-27-16-18-28(19-17-27)24-12-5-2-6-13-24/h1-13,20H,14-19H2,(H,26,29). The highest BCUT2D eigenvalue weighted by Crippen LogP contribution is 2.17. The van der Waals surface area contributed by atoms with Gasteiger partial charge in [-0.3, -0.25) is 9.69 Å². The minimum atomic E-state index is -0.0696. The number of piperazine rings is 1. The second kappa shape index (κ2) is 9.39. The van der Waals surface area contributed by atoms with Gasteiger partial charge in [0, 0.05) is 49.7 Å². The molecule has 1 N–H and O–H groups in total. The minimum Gasteiger partial charge on any atom is -0.369 e. The molecule has 1 fully saturated rings. The van der Waals surface area contributed by atoms with Gasteiger partial charge in [0.15, 0.2) is 0 Å². The van der Waals surface area contributed by atoms with Gasteiger partial charge in [-0.1, -0.05) is 48.5 Å². The Hall–Kier alpha value is -3.11.